The largest absolute Gasteiger partial charge is 0.481 e. The van der Waals surface area contributed by atoms with E-state index in [9.17, 15) is 9.59 Å². The van der Waals surface area contributed by atoms with Gasteiger partial charge in [0, 0.05) is 0 Å². The van der Waals surface area contributed by atoms with E-state index in [1.807, 2.05) is 0 Å². The van der Waals surface area contributed by atoms with Gasteiger partial charge in [0.1, 0.15) is 0 Å². The van der Waals surface area contributed by atoms with Crippen LogP contribution in [0.15, 0.2) is 0 Å². The van der Waals surface area contributed by atoms with Crippen LogP contribution in [-0.2, 0) is 14.3 Å². The lowest BCUT2D eigenvalue weighted by atomic mass is 9.88. The fourth-order valence-electron chi connectivity index (χ4n) is 2.04. The summed E-state index contributed by atoms with van der Waals surface area (Å²) in [6.45, 7) is 0. The van der Waals surface area contributed by atoms with Crippen LogP contribution >= 0.6 is 0 Å². The zero-order valence-electron chi connectivity index (χ0n) is 8.36. The number of ether oxygens (including phenoxy) is 1. The van der Waals surface area contributed by atoms with Gasteiger partial charge in [-0.2, -0.15) is 0 Å². The first-order chi connectivity index (χ1) is 6.66. The Kier molecular flexibility index (Phi) is 3.92. The van der Waals surface area contributed by atoms with Crippen molar-refractivity contribution in [2.24, 2.45) is 11.8 Å². The Morgan fingerprint density at radius 1 is 1.14 bits per heavy atom. The first-order valence-electron chi connectivity index (χ1n) is 4.97. The summed E-state index contributed by atoms with van der Waals surface area (Å²) in [7, 11) is 1.31. The second kappa shape index (κ2) is 4.98. The summed E-state index contributed by atoms with van der Waals surface area (Å²) in [6.07, 6.45) is 4.06. The zero-order valence-corrected chi connectivity index (χ0v) is 8.36. The molecule has 1 aliphatic rings. The molecule has 0 spiro atoms. The second-order valence-corrected chi connectivity index (χ2v) is 3.71. The van der Waals surface area contributed by atoms with Crippen molar-refractivity contribution in [3.63, 3.8) is 0 Å². The quantitative estimate of drug-likeness (QED) is 0.541. The minimum absolute atomic E-state index is 0.376. The lowest BCUT2D eigenvalue weighted by Gasteiger charge is -2.18. The third-order valence-corrected chi connectivity index (χ3v) is 2.84. The van der Waals surface area contributed by atoms with Gasteiger partial charge in [0.2, 0.25) is 0 Å². The third kappa shape index (κ3) is 2.47. The van der Waals surface area contributed by atoms with Gasteiger partial charge < -0.3 is 9.84 Å². The Morgan fingerprint density at radius 3 is 2.21 bits per heavy atom. The zero-order chi connectivity index (χ0) is 10.6. The molecule has 0 bridgehead atoms. The number of hydrogen-bond acceptors (Lipinski definition) is 3. The monoisotopic (exact) mass is 200 g/mol. The van der Waals surface area contributed by atoms with Crippen LogP contribution in [0.25, 0.3) is 0 Å². The van der Waals surface area contributed by atoms with Gasteiger partial charge in [-0.1, -0.05) is 19.3 Å². The fourth-order valence-corrected chi connectivity index (χ4v) is 2.04. The Bertz CT molecular complexity index is 224. The summed E-state index contributed by atoms with van der Waals surface area (Å²) in [5.74, 6) is -2.24. The highest BCUT2D eigenvalue weighted by Gasteiger charge is 2.35. The predicted molar refractivity (Wildman–Crippen MR) is 49.7 cm³/mol. The normalized spacial score (nSPS) is 27.8. The molecule has 0 aromatic heterocycles. The van der Waals surface area contributed by atoms with Crippen LogP contribution in [0.2, 0.25) is 0 Å². The lowest BCUT2D eigenvalue weighted by Crippen LogP contribution is -2.29. The van der Waals surface area contributed by atoms with Crippen molar-refractivity contribution >= 4 is 11.9 Å². The van der Waals surface area contributed by atoms with Crippen LogP contribution in [-0.4, -0.2) is 24.2 Å². The predicted octanol–water partition coefficient (Wildman–Crippen LogP) is 1.44. The van der Waals surface area contributed by atoms with Crippen LogP contribution in [0.4, 0.5) is 0 Å². The second-order valence-electron chi connectivity index (χ2n) is 3.71. The van der Waals surface area contributed by atoms with E-state index in [0.717, 1.165) is 19.3 Å². The molecule has 0 unspecified atom stereocenters. The molecule has 1 fully saturated rings. The number of rotatable bonds is 2. The van der Waals surface area contributed by atoms with Crippen LogP contribution < -0.4 is 0 Å². The molecule has 0 radical (unpaired) electrons. The molecule has 1 rings (SSSR count). The summed E-state index contributed by atoms with van der Waals surface area (Å²) in [5.41, 5.74) is 0. The number of carboxylic acid groups (broad SMARTS) is 1. The molecule has 1 aliphatic carbocycles. The molecule has 2 atom stereocenters. The van der Waals surface area contributed by atoms with E-state index >= 15 is 0 Å². The Morgan fingerprint density at radius 2 is 1.71 bits per heavy atom. The molecular weight excluding hydrogens is 184 g/mol. The van der Waals surface area contributed by atoms with E-state index in [4.69, 9.17) is 5.11 Å². The SMILES string of the molecule is COC(=O)[C@@H]1CCCCC[C@H]1C(=O)O. The average molecular weight is 200 g/mol. The van der Waals surface area contributed by atoms with E-state index in [1.165, 1.54) is 7.11 Å². The molecule has 0 heterocycles. The van der Waals surface area contributed by atoms with Gasteiger partial charge in [-0.05, 0) is 12.8 Å². The molecule has 1 saturated carbocycles. The summed E-state index contributed by atoms with van der Waals surface area (Å²) >= 11 is 0. The number of hydrogen-bond donors (Lipinski definition) is 1. The molecule has 0 aromatic rings. The van der Waals surface area contributed by atoms with E-state index < -0.39 is 17.8 Å². The van der Waals surface area contributed by atoms with Gasteiger partial charge in [0.25, 0.3) is 0 Å². The number of carbonyl (C=O) groups is 2. The van der Waals surface area contributed by atoms with Crippen molar-refractivity contribution in [2.45, 2.75) is 32.1 Å². The van der Waals surface area contributed by atoms with Crippen molar-refractivity contribution in [3.05, 3.63) is 0 Å². The Labute approximate surface area is 83.2 Å². The molecular formula is C10H16O4. The highest BCUT2D eigenvalue weighted by atomic mass is 16.5. The number of methoxy groups -OCH3 is 1. The van der Waals surface area contributed by atoms with Crippen molar-refractivity contribution in [1.82, 2.24) is 0 Å². The summed E-state index contributed by atoms with van der Waals surface area (Å²) < 4.78 is 4.62. The summed E-state index contributed by atoms with van der Waals surface area (Å²) in [6, 6.07) is 0. The molecule has 4 heteroatoms. The van der Waals surface area contributed by atoms with Crippen LogP contribution in [0.5, 0.6) is 0 Å². The first kappa shape index (κ1) is 11.0. The molecule has 0 saturated heterocycles. The van der Waals surface area contributed by atoms with Crippen molar-refractivity contribution in [3.8, 4) is 0 Å². The number of carbonyl (C=O) groups excluding carboxylic acids is 1. The van der Waals surface area contributed by atoms with Gasteiger partial charge in [-0.25, -0.2) is 0 Å². The minimum atomic E-state index is -0.873. The van der Waals surface area contributed by atoms with E-state index in [-0.39, 0.29) is 5.97 Å². The van der Waals surface area contributed by atoms with Gasteiger partial charge in [0.05, 0.1) is 18.9 Å². The minimum Gasteiger partial charge on any atom is -0.481 e. The number of carboxylic acids is 1. The molecule has 14 heavy (non-hydrogen) atoms. The average Bonchev–Trinajstić information content (AvgIpc) is 2.41. The van der Waals surface area contributed by atoms with Crippen LogP contribution in [0.1, 0.15) is 32.1 Å². The van der Waals surface area contributed by atoms with E-state index in [1.54, 1.807) is 0 Å². The molecule has 0 aromatic carbocycles. The van der Waals surface area contributed by atoms with Crippen molar-refractivity contribution < 1.29 is 19.4 Å². The van der Waals surface area contributed by atoms with Gasteiger partial charge >= 0.3 is 11.9 Å². The standard InChI is InChI=1S/C10H16O4/c1-14-10(13)8-6-4-2-3-5-7(8)9(11)12/h7-8H,2-6H2,1H3,(H,11,12)/t7-,8-/m1/s1. The topological polar surface area (TPSA) is 63.6 Å². The van der Waals surface area contributed by atoms with E-state index in [0.29, 0.717) is 12.8 Å². The number of esters is 1. The van der Waals surface area contributed by atoms with Crippen molar-refractivity contribution in [1.29, 1.82) is 0 Å². The Balaban J connectivity index is 2.73. The van der Waals surface area contributed by atoms with Crippen molar-refractivity contribution in [2.75, 3.05) is 7.11 Å². The van der Waals surface area contributed by atoms with Crippen LogP contribution in [0.3, 0.4) is 0 Å². The molecule has 4 nitrogen and oxygen atoms in total. The van der Waals surface area contributed by atoms with Gasteiger partial charge in [0.15, 0.2) is 0 Å². The maximum atomic E-state index is 11.3. The van der Waals surface area contributed by atoms with Crippen LogP contribution in [0, 0.1) is 11.8 Å². The number of aliphatic carboxylic acids is 1. The van der Waals surface area contributed by atoms with Gasteiger partial charge in [-0.3, -0.25) is 9.59 Å². The molecule has 0 amide bonds. The Hall–Kier alpha value is -1.06. The fraction of sp³-hybridized carbons (Fsp3) is 0.800. The smallest absolute Gasteiger partial charge is 0.309 e. The lowest BCUT2D eigenvalue weighted by molar-refractivity contribution is -0.156. The molecule has 0 aliphatic heterocycles. The maximum Gasteiger partial charge on any atom is 0.309 e. The molecule has 80 valence electrons. The van der Waals surface area contributed by atoms with E-state index in [2.05, 4.69) is 4.74 Å². The highest BCUT2D eigenvalue weighted by molar-refractivity contribution is 5.81. The van der Waals surface area contributed by atoms with Gasteiger partial charge in [-0.15, -0.1) is 0 Å². The first-order valence-corrected chi connectivity index (χ1v) is 4.97. The molecule has 1 N–H and O–H groups in total. The summed E-state index contributed by atoms with van der Waals surface area (Å²) in [5, 5.41) is 8.97. The summed E-state index contributed by atoms with van der Waals surface area (Å²) in [4.78, 5) is 22.3. The highest BCUT2D eigenvalue weighted by Crippen LogP contribution is 2.29. The third-order valence-electron chi connectivity index (χ3n) is 2.84. The maximum absolute atomic E-state index is 11.3.